The summed E-state index contributed by atoms with van der Waals surface area (Å²) in [4.78, 5) is 30.4. The highest BCUT2D eigenvalue weighted by molar-refractivity contribution is 5.90. The van der Waals surface area contributed by atoms with Crippen molar-refractivity contribution in [2.75, 3.05) is 7.11 Å². The van der Waals surface area contributed by atoms with Crippen LogP contribution in [0.1, 0.15) is 26.4 Å². The summed E-state index contributed by atoms with van der Waals surface area (Å²) in [5.41, 5.74) is 0.990. The number of carboxylic acids is 1. The normalized spacial score (nSPS) is 10.2. The van der Waals surface area contributed by atoms with Crippen LogP contribution in [0, 0.1) is 0 Å². The fourth-order valence-electron chi connectivity index (χ4n) is 2.29. The van der Waals surface area contributed by atoms with Gasteiger partial charge in [-0.3, -0.25) is 0 Å². The van der Waals surface area contributed by atoms with E-state index >= 15 is 0 Å². The number of rotatable bonds is 7. The number of ether oxygens (including phenoxy) is 3. The Morgan fingerprint density at radius 2 is 1.75 bits per heavy atom. The monoisotopic (exact) mass is 380 g/mol. The molecule has 0 aliphatic rings. The van der Waals surface area contributed by atoms with Crippen LogP contribution in [0.5, 0.6) is 17.4 Å². The fourth-order valence-corrected chi connectivity index (χ4v) is 2.29. The number of nitrogens with zero attached hydrogens (tertiary/aromatic N) is 2. The number of carboxylic acid groups (broad SMARTS) is 1. The second-order valence-electron chi connectivity index (χ2n) is 5.61. The summed E-state index contributed by atoms with van der Waals surface area (Å²) in [6.45, 7) is 0.304. The summed E-state index contributed by atoms with van der Waals surface area (Å²) >= 11 is 0. The van der Waals surface area contributed by atoms with Gasteiger partial charge in [0, 0.05) is 6.07 Å². The summed E-state index contributed by atoms with van der Waals surface area (Å²) < 4.78 is 16.1. The van der Waals surface area contributed by atoms with Crippen molar-refractivity contribution >= 4 is 11.9 Å². The summed E-state index contributed by atoms with van der Waals surface area (Å²) in [5, 5.41) is 8.87. The van der Waals surface area contributed by atoms with E-state index in [-0.39, 0.29) is 22.9 Å². The van der Waals surface area contributed by atoms with Gasteiger partial charge in [-0.05, 0) is 17.7 Å². The Morgan fingerprint density at radius 3 is 2.39 bits per heavy atom. The Bertz CT molecular complexity index is 974. The zero-order valence-corrected chi connectivity index (χ0v) is 14.9. The van der Waals surface area contributed by atoms with Crippen molar-refractivity contribution < 1.29 is 28.9 Å². The third kappa shape index (κ3) is 4.82. The van der Waals surface area contributed by atoms with Gasteiger partial charge in [0.15, 0.2) is 5.69 Å². The molecule has 1 heterocycles. The Hall–Kier alpha value is -3.94. The van der Waals surface area contributed by atoms with Crippen molar-refractivity contribution in [2.24, 2.45) is 0 Å². The van der Waals surface area contributed by atoms with E-state index in [1.54, 1.807) is 12.1 Å². The molecular formula is C20H16N2O6. The molecule has 0 unspecified atom stereocenters. The van der Waals surface area contributed by atoms with E-state index in [2.05, 4.69) is 9.97 Å². The number of hydrogen-bond donors (Lipinski definition) is 1. The molecule has 3 rings (SSSR count). The lowest BCUT2D eigenvalue weighted by Crippen LogP contribution is -2.04. The molecule has 2 aromatic carbocycles. The fraction of sp³-hybridized carbons (Fsp3) is 0.100. The van der Waals surface area contributed by atoms with Crippen LogP contribution < -0.4 is 9.47 Å². The first-order chi connectivity index (χ1) is 13.5. The lowest BCUT2D eigenvalue weighted by atomic mass is 10.2. The number of benzene rings is 2. The van der Waals surface area contributed by atoms with Crippen molar-refractivity contribution in [1.82, 2.24) is 9.97 Å². The van der Waals surface area contributed by atoms with Gasteiger partial charge < -0.3 is 19.3 Å². The highest BCUT2D eigenvalue weighted by Crippen LogP contribution is 2.27. The number of aromatic nitrogens is 2. The lowest BCUT2D eigenvalue weighted by molar-refractivity contribution is 0.0598. The SMILES string of the molecule is COC(=O)c1cc(OCc2ccccc2)cc(Oc2cnc(C(=O)O)cn2)c1. The summed E-state index contributed by atoms with van der Waals surface area (Å²) in [6.07, 6.45) is 2.26. The number of carbonyl (C=O) groups is 2. The molecule has 28 heavy (non-hydrogen) atoms. The second kappa shape index (κ2) is 8.63. The van der Waals surface area contributed by atoms with Gasteiger partial charge in [-0.25, -0.2) is 19.6 Å². The minimum atomic E-state index is -1.19. The van der Waals surface area contributed by atoms with E-state index in [1.165, 1.54) is 19.4 Å². The van der Waals surface area contributed by atoms with Gasteiger partial charge in [0.05, 0.1) is 25.1 Å². The number of aromatic carboxylic acids is 1. The quantitative estimate of drug-likeness (QED) is 0.622. The zero-order valence-electron chi connectivity index (χ0n) is 14.9. The summed E-state index contributed by atoms with van der Waals surface area (Å²) in [5.74, 6) is -1.01. The van der Waals surface area contributed by atoms with Crippen molar-refractivity contribution in [2.45, 2.75) is 6.61 Å². The molecule has 0 atom stereocenters. The largest absolute Gasteiger partial charge is 0.489 e. The second-order valence-corrected chi connectivity index (χ2v) is 5.61. The molecule has 1 N–H and O–H groups in total. The van der Waals surface area contributed by atoms with E-state index in [4.69, 9.17) is 19.3 Å². The number of hydrogen-bond acceptors (Lipinski definition) is 7. The van der Waals surface area contributed by atoms with E-state index in [0.717, 1.165) is 11.8 Å². The highest BCUT2D eigenvalue weighted by atomic mass is 16.5. The van der Waals surface area contributed by atoms with Crippen molar-refractivity contribution in [3.05, 3.63) is 77.7 Å². The molecule has 0 amide bonds. The molecule has 1 aromatic heterocycles. The van der Waals surface area contributed by atoms with Crippen LogP contribution in [-0.2, 0) is 11.3 Å². The van der Waals surface area contributed by atoms with E-state index < -0.39 is 11.9 Å². The maximum atomic E-state index is 11.9. The molecule has 8 nitrogen and oxygen atoms in total. The number of esters is 1. The zero-order chi connectivity index (χ0) is 19.9. The Labute approximate surface area is 160 Å². The maximum absolute atomic E-state index is 11.9. The maximum Gasteiger partial charge on any atom is 0.356 e. The highest BCUT2D eigenvalue weighted by Gasteiger charge is 2.13. The number of methoxy groups -OCH3 is 1. The molecule has 3 aromatic rings. The van der Waals surface area contributed by atoms with Crippen molar-refractivity contribution in [3.8, 4) is 17.4 Å². The Morgan fingerprint density at radius 1 is 1.00 bits per heavy atom. The summed E-state index contributed by atoms with van der Waals surface area (Å²) in [6, 6.07) is 14.1. The molecule has 8 heteroatoms. The Kier molecular flexibility index (Phi) is 5.81. The van der Waals surface area contributed by atoms with Gasteiger partial charge in [-0.15, -0.1) is 0 Å². The van der Waals surface area contributed by atoms with Crippen molar-refractivity contribution in [1.29, 1.82) is 0 Å². The van der Waals surface area contributed by atoms with Crippen LogP contribution in [0.15, 0.2) is 60.9 Å². The minimum absolute atomic E-state index is 0.0704. The van der Waals surface area contributed by atoms with Gasteiger partial charge in [0.2, 0.25) is 5.88 Å². The molecule has 0 bridgehead atoms. The molecule has 0 aliphatic heterocycles. The van der Waals surface area contributed by atoms with Crippen molar-refractivity contribution in [3.63, 3.8) is 0 Å². The average molecular weight is 380 g/mol. The number of carbonyl (C=O) groups excluding carboxylic acids is 1. The predicted molar refractivity (Wildman–Crippen MR) is 97.6 cm³/mol. The van der Waals surface area contributed by atoms with Crippen LogP contribution in [-0.4, -0.2) is 34.1 Å². The molecule has 0 aliphatic carbocycles. The van der Waals surface area contributed by atoms with Gasteiger partial charge in [0.1, 0.15) is 18.1 Å². The minimum Gasteiger partial charge on any atom is -0.489 e. The van der Waals surface area contributed by atoms with Crippen LogP contribution in [0.3, 0.4) is 0 Å². The molecule has 0 fully saturated rings. The van der Waals surface area contributed by atoms with Crippen LogP contribution in [0.4, 0.5) is 0 Å². The smallest absolute Gasteiger partial charge is 0.356 e. The third-order valence-corrected chi connectivity index (χ3v) is 3.62. The molecule has 0 radical (unpaired) electrons. The first kappa shape index (κ1) is 18.8. The molecule has 0 spiro atoms. The first-order valence-corrected chi connectivity index (χ1v) is 8.18. The van der Waals surface area contributed by atoms with E-state index in [1.807, 2.05) is 30.3 Å². The van der Waals surface area contributed by atoms with Gasteiger partial charge in [0.25, 0.3) is 0 Å². The van der Waals surface area contributed by atoms with Gasteiger partial charge >= 0.3 is 11.9 Å². The Balaban J connectivity index is 1.82. The standard InChI is InChI=1S/C20H16N2O6/c1-26-20(25)14-7-15(27-12-13-5-3-2-4-6-13)9-16(8-14)28-18-11-21-17(10-22-18)19(23)24/h2-11H,12H2,1H3,(H,23,24). The topological polar surface area (TPSA) is 108 Å². The molecule has 0 saturated heterocycles. The molecule has 142 valence electrons. The average Bonchev–Trinajstić information content (AvgIpc) is 2.72. The van der Waals surface area contributed by atoms with Gasteiger partial charge in [-0.2, -0.15) is 0 Å². The first-order valence-electron chi connectivity index (χ1n) is 8.18. The van der Waals surface area contributed by atoms with E-state index in [0.29, 0.717) is 12.4 Å². The van der Waals surface area contributed by atoms with Crippen LogP contribution in [0.2, 0.25) is 0 Å². The van der Waals surface area contributed by atoms with E-state index in [9.17, 15) is 9.59 Å². The predicted octanol–water partition coefficient (Wildman–Crippen LogP) is 3.33. The summed E-state index contributed by atoms with van der Waals surface area (Å²) in [7, 11) is 1.27. The molecule has 0 saturated carbocycles. The van der Waals surface area contributed by atoms with Crippen LogP contribution in [0.25, 0.3) is 0 Å². The lowest BCUT2D eigenvalue weighted by Gasteiger charge is -2.11. The third-order valence-electron chi connectivity index (χ3n) is 3.62. The molecular weight excluding hydrogens is 364 g/mol. The van der Waals surface area contributed by atoms with Gasteiger partial charge in [-0.1, -0.05) is 30.3 Å². The van der Waals surface area contributed by atoms with Crippen LogP contribution >= 0.6 is 0 Å².